The van der Waals surface area contributed by atoms with Crippen molar-refractivity contribution in [1.29, 1.82) is 0 Å². The highest BCUT2D eigenvalue weighted by atomic mass is 79.9. The minimum absolute atomic E-state index is 0.116. The summed E-state index contributed by atoms with van der Waals surface area (Å²) < 4.78 is 13.7. The van der Waals surface area contributed by atoms with Crippen LogP contribution in [0.15, 0.2) is 39.7 Å². The van der Waals surface area contributed by atoms with Gasteiger partial charge >= 0.3 is 0 Å². The summed E-state index contributed by atoms with van der Waals surface area (Å²) in [5.74, 6) is -0.391. The molecule has 1 atom stereocenters. The number of ketones is 1. The Morgan fingerprint density at radius 2 is 2.00 bits per heavy atom. The van der Waals surface area contributed by atoms with Crippen LogP contribution >= 0.6 is 50.5 Å². The average molecular weight is 398 g/mol. The van der Waals surface area contributed by atoms with E-state index in [0.29, 0.717) is 19.1 Å². The molecule has 2 rings (SSSR count). The van der Waals surface area contributed by atoms with Gasteiger partial charge in [-0.1, -0.05) is 35.3 Å². The molecule has 100 valence electrons. The van der Waals surface area contributed by atoms with Gasteiger partial charge in [0.05, 0.1) is 25.8 Å². The third kappa shape index (κ3) is 3.67. The van der Waals surface area contributed by atoms with E-state index in [2.05, 4.69) is 15.9 Å². The third-order valence-corrected chi connectivity index (χ3v) is 6.11. The minimum Gasteiger partial charge on any atom is -0.293 e. The molecule has 0 radical (unpaired) electrons. The quantitative estimate of drug-likeness (QED) is 0.693. The molecule has 1 aromatic heterocycles. The second-order valence-electron chi connectivity index (χ2n) is 3.58. The number of carbonyl (C=O) groups is 1. The largest absolute Gasteiger partial charge is 0.293 e. The fraction of sp³-hybridized carbons (Fsp3) is 0.0833. The van der Waals surface area contributed by atoms with Gasteiger partial charge in [0.15, 0.2) is 5.78 Å². The molecule has 0 amide bonds. The van der Waals surface area contributed by atoms with Gasteiger partial charge in [0.1, 0.15) is 4.34 Å². The first-order chi connectivity index (χ1) is 8.99. The highest BCUT2D eigenvalue weighted by molar-refractivity contribution is 9.10. The maximum Gasteiger partial charge on any atom is 0.178 e. The van der Waals surface area contributed by atoms with Gasteiger partial charge in [0.2, 0.25) is 0 Å². The number of rotatable bonds is 4. The van der Waals surface area contributed by atoms with Gasteiger partial charge in [-0.05, 0) is 34.1 Å². The van der Waals surface area contributed by atoms with Crippen molar-refractivity contribution in [1.82, 2.24) is 0 Å². The summed E-state index contributed by atoms with van der Waals surface area (Å²) in [7, 11) is -1.42. The van der Waals surface area contributed by atoms with Crippen molar-refractivity contribution < 1.29 is 9.00 Å². The molecule has 0 bridgehead atoms. The van der Waals surface area contributed by atoms with E-state index in [0.717, 1.165) is 15.8 Å². The van der Waals surface area contributed by atoms with Crippen molar-refractivity contribution in [3.05, 3.63) is 49.0 Å². The first-order valence-corrected chi connectivity index (χ1v) is 8.78. The van der Waals surface area contributed by atoms with Crippen LogP contribution in [0.25, 0.3) is 0 Å². The molecule has 7 heteroatoms. The molecule has 0 saturated carbocycles. The predicted molar refractivity (Wildman–Crippen MR) is 84.1 cm³/mol. The zero-order valence-corrected chi connectivity index (χ0v) is 14.1. The van der Waals surface area contributed by atoms with Crippen LogP contribution in [0.4, 0.5) is 0 Å². The van der Waals surface area contributed by atoms with Crippen molar-refractivity contribution in [2.45, 2.75) is 4.90 Å². The molecule has 2 nitrogen and oxygen atoms in total. The van der Waals surface area contributed by atoms with Crippen LogP contribution in [-0.4, -0.2) is 15.7 Å². The first-order valence-electron chi connectivity index (χ1n) is 5.10. The van der Waals surface area contributed by atoms with Crippen LogP contribution in [0.5, 0.6) is 0 Å². The molecule has 0 N–H and O–H groups in total. The maximum atomic E-state index is 12.2. The topological polar surface area (TPSA) is 34.1 Å². The van der Waals surface area contributed by atoms with Crippen molar-refractivity contribution >= 4 is 67.1 Å². The Labute approximate surface area is 135 Å². The lowest BCUT2D eigenvalue weighted by Gasteiger charge is -2.03. The summed E-state index contributed by atoms with van der Waals surface area (Å²) in [6, 6.07) is 8.61. The molecule has 1 aromatic carbocycles. The van der Waals surface area contributed by atoms with Crippen molar-refractivity contribution in [2.75, 3.05) is 5.75 Å². The Bertz CT molecular complexity index is 655. The Balaban J connectivity index is 2.18. The second-order valence-corrected chi connectivity index (χ2v) is 8.14. The summed E-state index contributed by atoms with van der Waals surface area (Å²) in [5, 5.41) is 0. The number of Topliss-reactive ketones (excluding diaryl/α,β-unsaturated/α-hetero) is 1. The monoisotopic (exact) mass is 396 g/mol. The lowest BCUT2D eigenvalue weighted by molar-refractivity contribution is 0.102. The fourth-order valence-electron chi connectivity index (χ4n) is 1.43. The van der Waals surface area contributed by atoms with Gasteiger partial charge in [-0.2, -0.15) is 0 Å². The molecule has 1 unspecified atom stereocenters. The Kier molecular flexibility index (Phi) is 5.20. The van der Waals surface area contributed by atoms with Gasteiger partial charge in [-0.25, -0.2) is 0 Å². The molecular weight excluding hydrogens is 391 g/mol. The predicted octanol–water partition coefficient (Wildman–Crippen LogP) is 4.81. The normalized spacial score (nSPS) is 12.4. The van der Waals surface area contributed by atoms with Gasteiger partial charge in [-0.3, -0.25) is 9.00 Å². The highest BCUT2D eigenvalue weighted by Crippen LogP contribution is 2.32. The minimum atomic E-state index is -1.42. The number of thiophene rings is 1. The maximum absolute atomic E-state index is 12.2. The molecule has 0 aliphatic carbocycles. The van der Waals surface area contributed by atoms with Gasteiger partial charge in [0.25, 0.3) is 0 Å². The average Bonchev–Trinajstić information content (AvgIpc) is 2.69. The Hall–Kier alpha value is -0.200. The molecule has 0 fully saturated rings. The summed E-state index contributed by atoms with van der Waals surface area (Å²) in [6.45, 7) is 0. The Morgan fingerprint density at radius 1 is 1.32 bits per heavy atom. The molecule has 19 heavy (non-hydrogen) atoms. The molecule has 0 spiro atoms. The van der Waals surface area contributed by atoms with E-state index < -0.39 is 10.8 Å². The van der Waals surface area contributed by atoms with E-state index >= 15 is 0 Å². The van der Waals surface area contributed by atoms with Crippen LogP contribution in [-0.2, 0) is 10.8 Å². The van der Waals surface area contributed by atoms with E-state index in [1.165, 1.54) is 6.07 Å². The van der Waals surface area contributed by atoms with Crippen molar-refractivity contribution in [3.63, 3.8) is 0 Å². The van der Waals surface area contributed by atoms with Gasteiger partial charge in [0, 0.05) is 10.0 Å². The van der Waals surface area contributed by atoms with E-state index in [-0.39, 0.29) is 11.5 Å². The molecule has 0 saturated heterocycles. The number of hydrogen-bond donors (Lipinski definition) is 0. The third-order valence-electron chi connectivity index (χ3n) is 2.30. The van der Waals surface area contributed by atoms with Gasteiger partial charge < -0.3 is 0 Å². The zero-order valence-electron chi connectivity index (χ0n) is 9.36. The smallest absolute Gasteiger partial charge is 0.178 e. The van der Waals surface area contributed by atoms with Crippen LogP contribution in [0.1, 0.15) is 10.4 Å². The summed E-state index contributed by atoms with van der Waals surface area (Å²) in [4.78, 5) is 12.6. The fourth-order valence-corrected chi connectivity index (χ4v) is 4.82. The van der Waals surface area contributed by atoms with E-state index in [1.54, 1.807) is 18.2 Å². The number of carbonyl (C=O) groups excluding carboxylic acids is 1. The molecular formula is C12H7BrCl2O2S2. The van der Waals surface area contributed by atoms with E-state index in [9.17, 15) is 9.00 Å². The Morgan fingerprint density at radius 3 is 2.58 bits per heavy atom. The molecule has 1 heterocycles. The second kappa shape index (κ2) is 6.50. The van der Waals surface area contributed by atoms with E-state index in [1.807, 2.05) is 6.07 Å². The lowest BCUT2D eigenvalue weighted by atomic mass is 10.2. The van der Waals surface area contributed by atoms with E-state index in [4.69, 9.17) is 23.2 Å². The standard InChI is InChI=1S/C12H7BrCl2O2S2/c13-8-3-1-2-4-10(8)19(17)6-9(16)7-5-11(14)18-12(7)15/h1-5H,6H2. The molecule has 0 aliphatic rings. The molecule has 2 aromatic rings. The highest BCUT2D eigenvalue weighted by Gasteiger charge is 2.18. The van der Waals surface area contributed by atoms with Crippen molar-refractivity contribution in [3.8, 4) is 0 Å². The zero-order chi connectivity index (χ0) is 14.0. The number of hydrogen-bond acceptors (Lipinski definition) is 3. The molecule has 0 aliphatic heterocycles. The van der Waals surface area contributed by atoms with Crippen LogP contribution < -0.4 is 0 Å². The SMILES string of the molecule is O=C(CS(=O)c1ccccc1Br)c1cc(Cl)sc1Cl. The van der Waals surface area contributed by atoms with Crippen LogP contribution in [0, 0.1) is 0 Å². The first kappa shape index (κ1) is 15.2. The summed E-state index contributed by atoms with van der Waals surface area (Å²) >= 11 is 16.1. The van der Waals surface area contributed by atoms with Crippen LogP contribution in [0.3, 0.4) is 0 Å². The number of benzene rings is 1. The van der Waals surface area contributed by atoms with Gasteiger partial charge in [-0.15, -0.1) is 11.3 Å². The van der Waals surface area contributed by atoms with Crippen LogP contribution in [0.2, 0.25) is 8.67 Å². The number of halogens is 3. The summed E-state index contributed by atoms with van der Waals surface area (Å²) in [6.07, 6.45) is 0. The van der Waals surface area contributed by atoms with Crippen molar-refractivity contribution in [2.24, 2.45) is 0 Å². The lowest BCUT2D eigenvalue weighted by Crippen LogP contribution is -2.11. The summed E-state index contributed by atoms with van der Waals surface area (Å²) in [5.41, 5.74) is 0.331.